The van der Waals surface area contributed by atoms with E-state index in [1.807, 2.05) is 0 Å². The second-order valence-corrected chi connectivity index (χ2v) is 3.40. The van der Waals surface area contributed by atoms with Crippen molar-refractivity contribution in [3.05, 3.63) is 35.1 Å². The lowest BCUT2D eigenvalue weighted by atomic mass is 10.0. The first-order valence-corrected chi connectivity index (χ1v) is 4.47. The molecular formula is C10H8F4O3. The molecule has 0 aliphatic rings. The van der Waals surface area contributed by atoms with Crippen molar-refractivity contribution in [2.45, 2.75) is 18.7 Å². The van der Waals surface area contributed by atoms with Crippen molar-refractivity contribution >= 4 is 5.97 Å². The molecule has 0 aromatic heterocycles. The Morgan fingerprint density at radius 1 is 1.29 bits per heavy atom. The molecule has 1 atom stereocenters. The second-order valence-electron chi connectivity index (χ2n) is 3.40. The third-order valence-electron chi connectivity index (χ3n) is 2.00. The Morgan fingerprint density at radius 2 is 1.88 bits per heavy atom. The maximum Gasteiger partial charge on any atom is 0.416 e. The number of carboxylic acids is 1. The van der Waals surface area contributed by atoms with Crippen LogP contribution in [0.5, 0.6) is 0 Å². The Hall–Kier alpha value is -1.63. The van der Waals surface area contributed by atoms with Crippen molar-refractivity contribution < 1.29 is 32.6 Å². The molecule has 0 fully saturated rings. The number of carboxylic acid groups (broad SMARTS) is 1. The minimum atomic E-state index is -4.72. The number of carbonyl (C=O) groups is 1. The maximum atomic E-state index is 12.9. The molecule has 0 radical (unpaired) electrons. The van der Waals surface area contributed by atoms with Gasteiger partial charge in [0.2, 0.25) is 0 Å². The van der Waals surface area contributed by atoms with Gasteiger partial charge in [-0.1, -0.05) is 0 Å². The van der Waals surface area contributed by atoms with Crippen LogP contribution in [0.2, 0.25) is 0 Å². The van der Waals surface area contributed by atoms with Gasteiger partial charge in [0.1, 0.15) is 5.82 Å². The molecule has 0 saturated carbocycles. The van der Waals surface area contributed by atoms with Crippen LogP contribution in [-0.4, -0.2) is 22.3 Å². The summed E-state index contributed by atoms with van der Waals surface area (Å²) < 4.78 is 49.8. The van der Waals surface area contributed by atoms with Crippen molar-refractivity contribution in [2.75, 3.05) is 0 Å². The first kappa shape index (κ1) is 13.4. The van der Waals surface area contributed by atoms with Crippen molar-refractivity contribution in [3.8, 4) is 0 Å². The zero-order valence-electron chi connectivity index (χ0n) is 8.33. The largest absolute Gasteiger partial charge is 0.479 e. The average molecular weight is 252 g/mol. The van der Waals surface area contributed by atoms with Gasteiger partial charge >= 0.3 is 12.1 Å². The Balaban J connectivity index is 3.02. The van der Waals surface area contributed by atoms with Gasteiger partial charge in [0.05, 0.1) is 5.56 Å². The summed E-state index contributed by atoms with van der Waals surface area (Å²) in [6.45, 7) is 0. The summed E-state index contributed by atoms with van der Waals surface area (Å²) in [5.41, 5.74) is -1.45. The Bertz CT molecular complexity index is 428. The lowest BCUT2D eigenvalue weighted by Gasteiger charge is -2.10. The van der Waals surface area contributed by atoms with E-state index < -0.39 is 36.1 Å². The summed E-state index contributed by atoms with van der Waals surface area (Å²) in [6, 6.07) is 1.66. The predicted molar refractivity (Wildman–Crippen MR) is 48.7 cm³/mol. The van der Waals surface area contributed by atoms with Gasteiger partial charge in [0, 0.05) is 6.42 Å². The van der Waals surface area contributed by atoms with Crippen LogP contribution in [0.1, 0.15) is 11.1 Å². The van der Waals surface area contributed by atoms with Crippen LogP contribution >= 0.6 is 0 Å². The fraction of sp³-hybridized carbons (Fsp3) is 0.300. The quantitative estimate of drug-likeness (QED) is 0.807. The van der Waals surface area contributed by atoms with Crippen molar-refractivity contribution in [3.63, 3.8) is 0 Å². The van der Waals surface area contributed by atoms with E-state index in [4.69, 9.17) is 10.2 Å². The summed E-state index contributed by atoms with van der Waals surface area (Å²) in [5.74, 6) is -2.71. The fourth-order valence-corrected chi connectivity index (χ4v) is 1.24. The summed E-state index contributed by atoms with van der Waals surface area (Å²) >= 11 is 0. The lowest BCUT2D eigenvalue weighted by molar-refractivity contribution is -0.146. The molecule has 7 heteroatoms. The molecule has 0 heterocycles. The molecule has 0 aliphatic heterocycles. The van der Waals surface area contributed by atoms with Crippen LogP contribution in [-0.2, 0) is 17.4 Å². The molecule has 1 rings (SSSR count). The highest BCUT2D eigenvalue weighted by molar-refractivity contribution is 5.72. The third-order valence-corrected chi connectivity index (χ3v) is 2.00. The Labute approximate surface area is 93.3 Å². The number of halogens is 4. The van der Waals surface area contributed by atoms with Gasteiger partial charge < -0.3 is 10.2 Å². The van der Waals surface area contributed by atoms with Crippen LogP contribution < -0.4 is 0 Å². The van der Waals surface area contributed by atoms with Crippen LogP contribution in [0.3, 0.4) is 0 Å². The van der Waals surface area contributed by atoms with E-state index in [-0.39, 0.29) is 5.56 Å². The standard InChI is InChI=1S/C10H8F4O3/c11-7-2-5(3-8(15)9(16)17)1-6(4-7)10(12,13)14/h1-2,4,8,15H,3H2,(H,16,17). The zero-order chi connectivity index (χ0) is 13.2. The number of hydrogen-bond acceptors (Lipinski definition) is 2. The molecule has 1 aromatic carbocycles. The highest BCUT2D eigenvalue weighted by atomic mass is 19.4. The number of benzene rings is 1. The number of rotatable bonds is 3. The number of aliphatic hydroxyl groups excluding tert-OH is 1. The van der Waals surface area contributed by atoms with Gasteiger partial charge in [0.25, 0.3) is 0 Å². The van der Waals surface area contributed by atoms with E-state index in [9.17, 15) is 22.4 Å². The molecule has 0 spiro atoms. The molecule has 0 bridgehead atoms. The molecule has 2 N–H and O–H groups in total. The number of aliphatic hydroxyl groups is 1. The van der Waals surface area contributed by atoms with Gasteiger partial charge in [-0.3, -0.25) is 0 Å². The molecule has 0 aliphatic carbocycles. The number of alkyl halides is 3. The summed E-state index contributed by atoms with van der Waals surface area (Å²) in [6.07, 6.45) is -7.17. The fourth-order valence-electron chi connectivity index (χ4n) is 1.24. The smallest absolute Gasteiger partial charge is 0.416 e. The average Bonchev–Trinajstić information content (AvgIpc) is 2.15. The van der Waals surface area contributed by atoms with Gasteiger partial charge in [-0.15, -0.1) is 0 Å². The highest BCUT2D eigenvalue weighted by Crippen LogP contribution is 2.30. The van der Waals surface area contributed by atoms with E-state index in [0.29, 0.717) is 12.1 Å². The van der Waals surface area contributed by atoms with E-state index >= 15 is 0 Å². The molecule has 1 unspecified atom stereocenters. The Morgan fingerprint density at radius 3 is 2.35 bits per heavy atom. The first-order valence-electron chi connectivity index (χ1n) is 4.47. The summed E-state index contributed by atoms with van der Waals surface area (Å²) in [7, 11) is 0. The van der Waals surface area contributed by atoms with Gasteiger partial charge in [-0.25, -0.2) is 9.18 Å². The summed E-state index contributed by atoms with van der Waals surface area (Å²) in [5, 5.41) is 17.3. The molecule has 17 heavy (non-hydrogen) atoms. The lowest BCUT2D eigenvalue weighted by Crippen LogP contribution is -2.22. The minimum Gasteiger partial charge on any atom is -0.479 e. The van der Waals surface area contributed by atoms with Crippen LogP contribution in [0.4, 0.5) is 17.6 Å². The van der Waals surface area contributed by atoms with Crippen molar-refractivity contribution in [2.24, 2.45) is 0 Å². The van der Waals surface area contributed by atoms with Crippen LogP contribution in [0.25, 0.3) is 0 Å². The third kappa shape index (κ3) is 3.70. The van der Waals surface area contributed by atoms with E-state index in [1.54, 1.807) is 0 Å². The number of aliphatic carboxylic acids is 1. The minimum absolute atomic E-state index is 0.229. The number of hydrogen-bond donors (Lipinski definition) is 2. The Kier molecular flexibility index (Phi) is 3.72. The van der Waals surface area contributed by atoms with Gasteiger partial charge in [-0.2, -0.15) is 13.2 Å². The molecule has 0 amide bonds. The SMILES string of the molecule is O=C(O)C(O)Cc1cc(F)cc(C(F)(F)F)c1. The van der Waals surface area contributed by atoms with Crippen LogP contribution in [0.15, 0.2) is 18.2 Å². The first-order chi connectivity index (χ1) is 7.70. The van der Waals surface area contributed by atoms with E-state index in [2.05, 4.69) is 0 Å². The monoisotopic (exact) mass is 252 g/mol. The normalized spacial score (nSPS) is 13.5. The van der Waals surface area contributed by atoms with Gasteiger partial charge in [0.15, 0.2) is 6.10 Å². The van der Waals surface area contributed by atoms with Crippen molar-refractivity contribution in [1.82, 2.24) is 0 Å². The molecule has 0 saturated heterocycles. The molecule has 1 aromatic rings. The van der Waals surface area contributed by atoms with E-state index in [1.165, 1.54) is 0 Å². The molecule has 94 valence electrons. The maximum absolute atomic E-state index is 12.9. The van der Waals surface area contributed by atoms with Crippen molar-refractivity contribution in [1.29, 1.82) is 0 Å². The molecular weight excluding hydrogens is 244 g/mol. The summed E-state index contributed by atoms with van der Waals surface area (Å²) in [4.78, 5) is 10.3. The highest BCUT2D eigenvalue weighted by Gasteiger charge is 2.31. The second kappa shape index (κ2) is 4.70. The predicted octanol–water partition coefficient (Wildman–Crippen LogP) is 1.83. The molecule has 3 nitrogen and oxygen atoms in total. The van der Waals surface area contributed by atoms with E-state index in [0.717, 1.165) is 6.07 Å². The van der Waals surface area contributed by atoms with Crippen LogP contribution in [0, 0.1) is 5.82 Å². The van der Waals surface area contributed by atoms with Gasteiger partial charge in [-0.05, 0) is 23.8 Å². The topological polar surface area (TPSA) is 57.5 Å². The zero-order valence-corrected chi connectivity index (χ0v) is 8.33.